The first-order chi connectivity index (χ1) is 14.5. The molecule has 1 aliphatic heterocycles. The fourth-order valence-corrected chi connectivity index (χ4v) is 4.09. The van der Waals surface area contributed by atoms with Crippen molar-refractivity contribution in [1.82, 2.24) is 5.32 Å². The minimum Gasteiger partial charge on any atom is -0.449 e. The predicted molar refractivity (Wildman–Crippen MR) is 113 cm³/mol. The van der Waals surface area contributed by atoms with Crippen LogP contribution in [0.3, 0.4) is 0 Å². The molecule has 0 radical (unpaired) electrons. The minimum absolute atomic E-state index is 0.0538. The van der Waals surface area contributed by atoms with Gasteiger partial charge in [0.2, 0.25) is 5.91 Å². The predicted octanol–water partition coefficient (Wildman–Crippen LogP) is 4.29. The van der Waals surface area contributed by atoms with E-state index in [1.807, 2.05) is 0 Å². The van der Waals surface area contributed by atoms with Gasteiger partial charge in [-0.3, -0.25) is 14.5 Å². The third-order valence-electron chi connectivity index (χ3n) is 5.74. The van der Waals surface area contributed by atoms with Gasteiger partial charge in [-0.15, -0.1) is 0 Å². The fraction of sp³-hybridized carbons (Fsp3) is 0.333. The number of halogens is 1. The van der Waals surface area contributed by atoms with Crippen LogP contribution in [0.2, 0.25) is 0 Å². The summed E-state index contributed by atoms with van der Waals surface area (Å²) >= 11 is 0. The molecule has 1 N–H and O–H groups in total. The summed E-state index contributed by atoms with van der Waals surface area (Å²) in [5, 5.41) is 3.10. The van der Waals surface area contributed by atoms with Gasteiger partial charge in [0.15, 0.2) is 11.5 Å². The average Bonchev–Trinajstić information content (AvgIpc) is 2.73. The van der Waals surface area contributed by atoms with Crippen molar-refractivity contribution in [2.24, 2.45) is 5.92 Å². The van der Waals surface area contributed by atoms with E-state index in [0.717, 1.165) is 19.3 Å². The molecule has 2 atom stereocenters. The van der Waals surface area contributed by atoms with Gasteiger partial charge < -0.3 is 10.1 Å². The molecular formula is C24H25FN2O3. The number of rotatable bonds is 4. The third-order valence-corrected chi connectivity index (χ3v) is 5.74. The lowest BCUT2D eigenvalue weighted by Crippen LogP contribution is -2.48. The van der Waals surface area contributed by atoms with Crippen LogP contribution < -0.4 is 15.0 Å². The van der Waals surface area contributed by atoms with Crippen LogP contribution >= 0.6 is 0 Å². The molecule has 1 saturated carbocycles. The summed E-state index contributed by atoms with van der Waals surface area (Å²) in [6.07, 6.45) is 5.86. The Bertz CT molecular complexity index is 988. The van der Waals surface area contributed by atoms with Crippen molar-refractivity contribution in [3.05, 3.63) is 65.7 Å². The zero-order chi connectivity index (χ0) is 21.1. The number of ether oxygens (including phenoxy) is 1. The number of anilines is 1. The van der Waals surface area contributed by atoms with Gasteiger partial charge >= 0.3 is 0 Å². The van der Waals surface area contributed by atoms with Crippen molar-refractivity contribution in [1.29, 1.82) is 0 Å². The molecule has 1 fully saturated rings. The summed E-state index contributed by atoms with van der Waals surface area (Å²) in [6, 6.07) is 13.2. The highest BCUT2D eigenvalue weighted by Crippen LogP contribution is 2.35. The smallest absolute Gasteiger partial charge is 0.294 e. The maximum Gasteiger partial charge on any atom is 0.294 e. The van der Waals surface area contributed by atoms with E-state index in [-0.39, 0.29) is 24.3 Å². The van der Waals surface area contributed by atoms with E-state index in [1.165, 1.54) is 29.5 Å². The molecule has 156 valence electrons. The Hall–Kier alpha value is -3.15. The van der Waals surface area contributed by atoms with Crippen molar-refractivity contribution in [2.75, 3.05) is 11.4 Å². The lowest BCUT2D eigenvalue weighted by Gasteiger charge is -2.32. The normalized spacial score (nSPS) is 22.4. The first-order valence-electron chi connectivity index (χ1n) is 10.4. The number of carbonyl (C=O) groups excluding carboxylic acids is 2. The summed E-state index contributed by atoms with van der Waals surface area (Å²) in [5.41, 5.74) is 1.06. The summed E-state index contributed by atoms with van der Waals surface area (Å²) in [6.45, 7) is 2.06. The molecule has 1 heterocycles. The van der Waals surface area contributed by atoms with Crippen molar-refractivity contribution in [2.45, 2.75) is 38.6 Å². The van der Waals surface area contributed by atoms with E-state index < -0.39 is 11.7 Å². The molecule has 0 unspecified atom stereocenters. The number of carbonyl (C=O) groups is 2. The van der Waals surface area contributed by atoms with Crippen LogP contribution in [0, 0.1) is 11.7 Å². The molecule has 2 aromatic carbocycles. The molecule has 0 saturated heterocycles. The van der Waals surface area contributed by atoms with Crippen molar-refractivity contribution in [3.8, 4) is 5.75 Å². The summed E-state index contributed by atoms with van der Waals surface area (Å²) in [5.74, 6) is -0.0462. The number of hydrogen-bond acceptors (Lipinski definition) is 3. The highest BCUT2D eigenvalue weighted by Gasteiger charge is 2.32. The highest BCUT2D eigenvalue weighted by molar-refractivity contribution is 6.12. The third kappa shape index (κ3) is 4.37. The van der Waals surface area contributed by atoms with E-state index in [2.05, 4.69) is 12.2 Å². The molecule has 2 amide bonds. The van der Waals surface area contributed by atoms with Crippen LogP contribution in [0.15, 0.2) is 54.3 Å². The Morgan fingerprint density at radius 3 is 2.80 bits per heavy atom. The maximum atomic E-state index is 13.5. The lowest BCUT2D eigenvalue weighted by molar-refractivity contribution is -0.124. The molecule has 0 aromatic heterocycles. The van der Waals surface area contributed by atoms with E-state index in [0.29, 0.717) is 22.9 Å². The Kier molecular flexibility index (Phi) is 5.84. The molecule has 1 aliphatic carbocycles. The first-order valence-corrected chi connectivity index (χ1v) is 10.4. The van der Waals surface area contributed by atoms with E-state index in [9.17, 15) is 14.0 Å². The van der Waals surface area contributed by atoms with Gasteiger partial charge in [0.05, 0.1) is 5.69 Å². The van der Waals surface area contributed by atoms with Gasteiger partial charge in [0, 0.05) is 6.04 Å². The zero-order valence-corrected chi connectivity index (χ0v) is 16.9. The number of nitrogens with one attached hydrogen (secondary N) is 1. The van der Waals surface area contributed by atoms with Crippen molar-refractivity contribution >= 4 is 23.6 Å². The molecule has 30 heavy (non-hydrogen) atoms. The second-order valence-electron chi connectivity index (χ2n) is 7.96. The van der Waals surface area contributed by atoms with E-state index in [1.54, 1.807) is 36.4 Å². The summed E-state index contributed by atoms with van der Waals surface area (Å²) < 4.78 is 19.3. The number of hydrogen-bond donors (Lipinski definition) is 1. The van der Waals surface area contributed by atoms with Crippen molar-refractivity contribution < 1.29 is 18.7 Å². The number of fused-ring (bicyclic) bond motifs is 1. The lowest BCUT2D eigenvalue weighted by atomic mass is 9.86. The molecule has 2 aliphatic rings. The van der Waals surface area contributed by atoms with Gasteiger partial charge in [-0.1, -0.05) is 44.0 Å². The summed E-state index contributed by atoms with van der Waals surface area (Å²) in [4.78, 5) is 27.3. The SMILES string of the molecule is C[C@@H]1CCCC[C@@H]1NC(=O)CN1C(=O)/C(=C\c2cccc(F)c2)Oc2ccccc21. The number of benzene rings is 2. The number of amides is 2. The summed E-state index contributed by atoms with van der Waals surface area (Å²) in [7, 11) is 0. The Morgan fingerprint density at radius 1 is 1.20 bits per heavy atom. The second kappa shape index (κ2) is 8.69. The molecule has 0 bridgehead atoms. The number of para-hydroxylation sites is 2. The van der Waals surface area contributed by atoms with Gasteiger partial charge in [-0.25, -0.2) is 4.39 Å². The van der Waals surface area contributed by atoms with Crippen LogP contribution in [0.5, 0.6) is 5.75 Å². The topological polar surface area (TPSA) is 58.6 Å². The Morgan fingerprint density at radius 2 is 2.00 bits per heavy atom. The molecule has 2 aromatic rings. The van der Waals surface area contributed by atoms with Crippen LogP contribution in [-0.2, 0) is 9.59 Å². The molecule has 6 heteroatoms. The van der Waals surface area contributed by atoms with Gasteiger partial charge in [0.1, 0.15) is 12.4 Å². The zero-order valence-electron chi connectivity index (χ0n) is 16.9. The van der Waals surface area contributed by atoms with E-state index >= 15 is 0 Å². The quantitative estimate of drug-likeness (QED) is 0.768. The molecule has 0 spiro atoms. The van der Waals surface area contributed by atoms with Crippen LogP contribution in [0.1, 0.15) is 38.2 Å². The number of nitrogens with zero attached hydrogens (tertiary/aromatic N) is 1. The van der Waals surface area contributed by atoms with Gasteiger partial charge in [0.25, 0.3) is 5.91 Å². The maximum absolute atomic E-state index is 13.5. The molecule has 5 nitrogen and oxygen atoms in total. The van der Waals surface area contributed by atoms with Crippen LogP contribution in [-0.4, -0.2) is 24.4 Å². The van der Waals surface area contributed by atoms with Gasteiger partial charge in [-0.05, 0) is 54.7 Å². The molecular weight excluding hydrogens is 383 g/mol. The first kappa shape index (κ1) is 20.1. The second-order valence-corrected chi connectivity index (χ2v) is 7.96. The minimum atomic E-state index is -0.426. The largest absolute Gasteiger partial charge is 0.449 e. The monoisotopic (exact) mass is 408 g/mol. The van der Waals surface area contributed by atoms with Gasteiger partial charge in [-0.2, -0.15) is 0 Å². The van der Waals surface area contributed by atoms with Crippen LogP contribution in [0.4, 0.5) is 10.1 Å². The Labute approximate surface area is 175 Å². The standard InChI is InChI=1S/C24H25FN2O3/c1-16-7-2-3-10-19(16)26-23(28)15-27-20-11-4-5-12-21(20)30-22(24(27)29)14-17-8-6-9-18(25)13-17/h4-6,8-9,11-14,16,19H,2-3,7,10,15H2,1H3,(H,26,28)/b22-14+/t16-,19+/m1/s1. The fourth-order valence-electron chi connectivity index (χ4n) is 4.09. The molecule has 4 rings (SSSR count). The average molecular weight is 408 g/mol. The van der Waals surface area contributed by atoms with Crippen molar-refractivity contribution in [3.63, 3.8) is 0 Å². The highest BCUT2D eigenvalue weighted by atomic mass is 19.1. The van der Waals surface area contributed by atoms with Crippen LogP contribution in [0.25, 0.3) is 6.08 Å². The Balaban J connectivity index is 1.57. The van der Waals surface area contributed by atoms with E-state index in [4.69, 9.17) is 4.74 Å².